The Morgan fingerprint density at radius 3 is 1.76 bits per heavy atom. The number of benzene rings is 3. The van der Waals surface area contributed by atoms with Crippen molar-refractivity contribution >= 4 is 22.6 Å². The van der Waals surface area contributed by atoms with Gasteiger partial charge < -0.3 is 4.74 Å². The third-order valence-corrected chi connectivity index (χ3v) is 4.81. The second-order valence-electron chi connectivity index (χ2n) is 5.42. The van der Waals surface area contributed by atoms with Crippen LogP contribution in [0.3, 0.4) is 0 Å². The summed E-state index contributed by atoms with van der Waals surface area (Å²) in [4.78, 5) is 14.4. The van der Waals surface area contributed by atoms with E-state index in [2.05, 4.69) is 0 Å². The zero-order valence-corrected chi connectivity index (χ0v) is 14.7. The Balaban J connectivity index is 1.92. The molecule has 0 N–H and O–H groups in total. The Morgan fingerprint density at radius 2 is 1.20 bits per heavy atom. The van der Waals surface area contributed by atoms with E-state index in [4.69, 9.17) is 4.74 Å². The van der Waals surface area contributed by atoms with Crippen molar-refractivity contribution in [2.45, 2.75) is 11.8 Å². The molecule has 3 rings (SSSR count). The van der Waals surface area contributed by atoms with Crippen molar-refractivity contribution in [3.63, 3.8) is 0 Å². The maximum Gasteiger partial charge on any atom is 0.343 e. The standard InChI is InChI=1S/C22H18O2S/c1-17(24-22(23)19-13-7-3-8-14-19)21(18-11-5-2-6-12-18)25-20-15-9-4-10-16-20/h2-16H,1H3/b21-17+. The van der Waals surface area contributed by atoms with Crippen LogP contribution < -0.4 is 0 Å². The summed E-state index contributed by atoms with van der Waals surface area (Å²) in [6.07, 6.45) is 0. The first-order valence-electron chi connectivity index (χ1n) is 8.00. The summed E-state index contributed by atoms with van der Waals surface area (Å²) < 4.78 is 5.65. The molecule has 3 aromatic rings. The summed E-state index contributed by atoms with van der Waals surface area (Å²) >= 11 is 1.59. The van der Waals surface area contributed by atoms with Gasteiger partial charge in [-0.15, -0.1) is 0 Å². The van der Waals surface area contributed by atoms with Gasteiger partial charge in [-0.2, -0.15) is 0 Å². The van der Waals surface area contributed by atoms with Crippen molar-refractivity contribution in [3.05, 3.63) is 108 Å². The van der Waals surface area contributed by atoms with E-state index in [0.717, 1.165) is 15.4 Å². The van der Waals surface area contributed by atoms with Crippen molar-refractivity contribution in [1.29, 1.82) is 0 Å². The molecule has 0 fully saturated rings. The summed E-state index contributed by atoms with van der Waals surface area (Å²) in [6.45, 7) is 1.83. The highest BCUT2D eigenvalue weighted by Crippen LogP contribution is 2.37. The lowest BCUT2D eigenvalue weighted by molar-refractivity contribution is 0.0629. The fourth-order valence-electron chi connectivity index (χ4n) is 2.35. The molecule has 3 aromatic carbocycles. The van der Waals surface area contributed by atoms with Crippen LogP contribution >= 0.6 is 11.8 Å². The van der Waals surface area contributed by atoms with E-state index in [-0.39, 0.29) is 5.97 Å². The van der Waals surface area contributed by atoms with E-state index >= 15 is 0 Å². The minimum absolute atomic E-state index is 0.347. The van der Waals surface area contributed by atoms with E-state index in [1.807, 2.05) is 85.8 Å². The highest BCUT2D eigenvalue weighted by Gasteiger charge is 2.14. The van der Waals surface area contributed by atoms with E-state index in [1.165, 1.54) is 0 Å². The first-order chi connectivity index (χ1) is 12.2. The van der Waals surface area contributed by atoms with Crippen molar-refractivity contribution in [3.8, 4) is 0 Å². The molecule has 0 saturated heterocycles. The van der Waals surface area contributed by atoms with E-state index in [1.54, 1.807) is 23.9 Å². The minimum Gasteiger partial charge on any atom is -0.427 e. The van der Waals surface area contributed by atoms with Crippen LogP contribution in [0.25, 0.3) is 4.91 Å². The highest BCUT2D eigenvalue weighted by atomic mass is 32.2. The molecule has 0 saturated carbocycles. The van der Waals surface area contributed by atoms with Crippen LogP contribution in [0.4, 0.5) is 0 Å². The van der Waals surface area contributed by atoms with Crippen molar-refractivity contribution in [2.75, 3.05) is 0 Å². The van der Waals surface area contributed by atoms with Gasteiger partial charge in [-0.05, 0) is 36.8 Å². The Bertz CT molecular complexity index is 856. The maximum absolute atomic E-state index is 12.4. The van der Waals surface area contributed by atoms with Gasteiger partial charge in [0.25, 0.3) is 0 Å². The van der Waals surface area contributed by atoms with Gasteiger partial charge in [0.05, 0.1) is 10.5 Å². The van der Waals surface area contributed by atoms with Crippen molar-refractivity contribution in [1.82, 2.24) is 0 Å². The molecule has 0 aliphatic rings. The van der Waals surface area contributed by atoms with E-state index < -0.39 is 0 Å². The molecule has 0 amide bonds. The molecule has 0 bridgehead atoms. The molecule has 0 radical (unpaired) electrons. The number of hydrogen-bond acceptors (Lipinski definition) is 3. The van der Waals surface area contributed by atoms with Crippen molar-refractivity contribution < 1.29 is 9.53 Å². The number of thioether (sulfide) groups is 1. The Morgan fingerprint density at radius 1 is 0.720 bits per heavy atom. The van der Waals surface area contributed by atoms with Crippen LogP contribution in [0.5, 0.6) is 0 Å². The topological polar surface area (TPSA) is 26.3 Å². The average Bonchev–Trinajstić information content (AvgIpc) is 2.68. The third-order valence-electron chi connectivity index (χ3n) is 3.57. The van der Waals surface area contributed by atoms with Gasteiger partial charge in [-0.3, -0.25) is 0 Å². The lowest BCUT2D eigenvalue weighted by Gasteiger charge is -2.13. The van der Waals surface area contributed by atoms with Crippen LogP contribution in [0, 0.1) is 0 Å². The summed E-state index contributed by atoms with van der Waals surface area (Å²) in [5.74, 6) is 0.245. The Hall–Kier alpha value is -2.78. The summed E-state index contributed by atoms with van der Waals surface area (Å²) in [5, 5.41) is 0. The summed E-state index contributed by atoms with van der Waals surface area (Å²) in [7, 11) is 0. The Kier molecular flexibility index (Phi) is 5.70. The van der Waals surface area contributed by atoms with Gasteiger partial charge in [-0.1, -0.05) is 78.5 Å². The number of hydrogen-bond donors (Lipinski definition) is 0. The number of ether oxygens (including phenoxy) is 1. The average molecular weight is 346 g/mol. The monoisotopic (exact) mass is 346 g/mol. The molecule has 124 valence electrons. The summed E-state index contributed by atoms with van der Waals surface area (Å²) in [5.41, 5.74) is 1.56. The van der Waals surface area contributed by atoms with Crippen LogP contribution in [0.1, 0.15) is 22.8 Å². The fraction of sp³-hybridized carbons (Fsp3) is 0.0455. The molecule has 0 heterocycles. The van der Waals surface area contributed by atoms with Crippen molar-refractivity contribution in [2.24, 2.45) is 0 Å². The van der Waals surface area contributed by atoms with Gasteiger partial charge in [0.15, 0.2) is 0 Å². The summed E-state index contributed by atoms with van der Waals surface area (Å²) in [6, 6.07) is 29.1. The van der Waals surface area contributed by atoms with Gasteiger partial charge in [0.1, 0.15) is 5.76 Å². The zero-order valence-electron chi connectivity index (χ0n) is 13.9. The first kappa shape index (κ1) is 17.1. The largest absolute Gasteiger partial charge is 0.427 e. The molecule has 0 aromatic heterocycles. The smallest absolute Gasteiger partial charge is 0.343 e. The molecule has 0 aliphatic heterocycles. The first-order valence-corrected chi connectivity index (χ1v) is 8.82. The number of rotatable bonds is 5. The van der Waals surface area contributed by atoms with Gasteiger partial charge in [0, 0.05) is 4.90 Å². The lowest BCUT2D eigenvalue weighted by Crippen LogP contribution is -2.04. The zero-order chi connectivity index (χ0) is 17.5. The number of carbonyl (C=O) groups excluding carboxylic acids is 1. The maximum atomic E-state index is 12.4. The molecule has 25 heavy (non-hydrogen) atoms. The minimum atomic E-state index is -0.347. The molecule has 0 aliphatic carbocycles. The molecular weight excluding hydrogens is 328 g/mol. The quantitative estimate of drug-likeness (QED) is 0.321. The second-order valence-corrected chi connectivity index (χ2v) is 6.51. The highest BCUT2D eigenvalue weighted by molar-refractivity contribution is 8.08. The fourth-order valence-corrected chi connectivity index (χ4v) is 3.32. The van der Waals surface area contributed by atoms with Crippen LogP contribution in [-0.4, -0.2) is 5.97 Å². The Labute approximate surface area is 152 Å². The molecule has 0 unspecified atom stereocenters. The number of carbonyl (C=O) groups is 1. The van der Waals surface area contributed by atoms with Gasteiger partial charge >= 0.3 is 5.97 Å². The van der Waals surface area contributed by atoms with Gasteiger partial charge in [0.2, 0.25) is 0 Å². The molecule has 3 heteroatoms. The normalized spacial score (nSPS) is 11.6. The molecule has 0 atom stereocenters. The third kappa shape index (κ3) is 4.61. The predicted octanol–water partition coefficient (Wildman–Crippen LogP) is 6.02. The van der Waals surface area contributed by atoms with E-state index in [0.29, 0.717) is 11.3 Å². The molecule has 0 spiro atoms. The molecule has 2 nitrogen and oxygen atoms in total. The van der Waals surface area contributed by atoms with Crippen LogP contribution in [-0.2, 0) is 4.74 Å². The van der Waals surface area contributed by atoms with Gasteiger partial charge in [-0.25, -0.2) is 4.79 Å². The predicted molar refractivity (Wildman–Crippen MR) is 103 cm³/mol. The number of allylic oxidation sites excluding steroid dienone is 1. The molecular formula is C22H18O2S. The lowest BCUT2D eigenvalue weighted by atomic mass is 10.2. The second kappa shape index (κ2) is 8.36. The SMILES string of the molecule is C/C(OC(=O)c1ccccc1)=C(\Sc1ccccc1)c1ccccc1. The van der Waals surface area contributed by atoms with Crippen LogP contribution in [0.2, 0.25) is 0 Å². The number of esters is 1. The van der Waals surface area contributed by atoms with Crippen LogP contribution in [0.15, 0.2) is 102 Å². The van der Waals surface area contributed by atoms with E-state index in [9.17, 15) is 4.79 Å².